The van der Waals surface area contributed by atoms with Crippen molar-refractivity contribution in [2.24, 2.45) is 0 Å². The summed E-state index contributed by atoms with van der Waals surface area (Å²) in [6, 6.07) is 0.480. The summed E-state index contributed by atoms with van der Waals surface area (Å²) in [4.78, 5) is 2.30. The van der Waals surface area contributed by atoms with Crippen LogP contribution < -0.4 is 5.32 Å². The SMILES string of the molecule is CN1CCC(NCCS(=O)(=O)N(C)C)CC1. The van der Waals surface area contributed by atoms with Crippen molar-refractivity contribution in [1.29, 1.82) is 0 Å². The maximum Gasteiger partial charge on any atom is 0.214 e. The van der Waals surface area contributed by atoms with E-state index >= 15 is 0 Å². The molecule has 1 aliphatic rings. The zero-order chi connectivity index (χ0) is 12.2. The molecule has 1 N–H and O–H groups in total. The second-order valence-electron chi connectivity index (χ2n) is 4.63. The summed E-state index contributed by atoms with van der Waals surface area (Å²) in [6.07, 6.45) is 2.22. The molecule has 0 unspecified atom stereocenters. The molecule has 1 heterocycles. The molecule has 0 aromatic heterocycles. The van der Waals surface area contributed by atoms with Crippen molar-refractivity contribution in [2.45, 2.75) is 18.9 Å². The second kappa shape index (κ2) is 5.95. The first-order chi connectivity index (χ1) is 7.42. The lowest BCUT2D eigenvalue weighted by atomic mass is 10.1. The van der Waals surface area contributed by atoms with Gasteiger partial charge in [-0.1, -0.05) is 0 Å². The average molecular weight is 249 g/mol. The molecule has 6 heteroatoms. The Balaban J connectivity index is 2.21. The molecular formula is C10H23N3O2S. The molecule has 0 bridgehead atoms. The highest BCUT2D eigenvalue weighted by Crippen LogP contribution is 2.07. The van der Waals surface area contributed by atoms with Crippen molar-refractivity contribution in [1.82, 2.24) is 14.5 Å². The first-order valence-electron chi connectivity index (χ1n) is 5.74. The summed E-state index contributed by atoms with van der Waals surface area (Å²) in [7, 11) is 2.22. The monoisotopic (exact) mass is 249 g/mol. The minimum atomic E-state index is -3.05. The van der Waals surface area contributed by atoms with Crippen LogP contribution in [-0.4, -0.2) is 70.2 Å². The Morgan fingerprint density at radius 2 is 1.88 bits per heavy atom. The first kappa shape index (κ1) is 13.9. The van der Waals surface area contributed by atoms with Gasteiger partial charge < -0.3 is 10.2 Å². The maximum absolute atomic E-state index is 11.5. The fourth-order valence-electron chi connectivity index (χ4n) is 1.79. The van der Waals surface area contributed by atoms with Gasteiger partial charge in [-0.25, -0.2) is 12.7 Å². The largest absolute Gasteiger partial charge is 0.313 e. The third kappa shape index (κ3) is 4.37. The van der Waals surface area contributed by atoms with Crippen molar-refractivity contribution < 1.29 is 8.42 Å². The zero-order valence-electron chi connectivity index (χ0n) is 10.4. The van der Waals surface area contributed by atoms with Gasteiger partial charge in [0, 0.05) is 26.7 Å². The van der Waals surface area contributed by atoms with Crippen LogP contribution in [0, 0.1) is 0 Å². The normalized spacial score (nSPS) is 20.5. The summed E-state index contributed by atoms with van der Waals surface area (Å²) in [6.45, 7) is 2.74. The number of rotatable bonds is 5. The number of hydrogen-bond acceptors (Lipinski definition) is 4. The van der Waals surface area contributed by atoms with Crippen LogP contribution in [0.4, 0.5) is 0 Å². The summed E-state index contributed by atoms with van der Waals surface area (Å²) in [5.74, 6) is 0.187. The highest BCUT2D eigenvalue weighted by atomic mass is 32.2. The van der Waals surface area contributed by atoms with Crippen LogP contribution in [0.1, 0.15) is 12.8 Å². The van der Waals surface area contributed by atoms with E-state index in [1.54, 1.807) is 14.1 Å². The molecule has 0 aromatic carbocycles. The van der Waals surface area contributed by atoms with Gasteiger partial charge in [-0.2, -0.15) is 0 Å². The topological polar surface area (TPSA) is 52.7 Å². The van der Waals surface area contributed by atoms with Crippen LogP contribution in [0.3, 0.4) is 0 Å². The number of hydrogen-bond donors (Lipinski definition) is 1. The van der Waals surface area contributed by atoms with Gasteiger partial charge in [-0.3, -0.25) is 0 Å². The molecule has 16 heavy (non-hydrogen) atoms. The Bertz CT molecular complexity index is 295. The average Bonchev–Trinajstić information content (AvgIpc) is 2.20. The minimum absolute atomic E-state index is 0.187. The van der Waals surface area contributed by atoms with E-state index in [0.29, 0.717) is 12.6 Å². The summed E-state index contributed by atoms with van der Waals surface area (Å²) in [5, 5.41) is 3.32. The summed E-state index contributed by atoms with van der Waals surface area (Å²) >= 11 is 0. The van der Waals surface area contributed by atoms with Crippen LogP contribution in [0.15, 0.2) is 0 Å². The third-order valence-electron chi connectivity index (χ3n) is 3.07. The van der Waals surface area contributed by atoms with E-state index in [2.05, 4.69) is 17.3 Å². The molecule has 5 nitrogen and oxygen atoms in total. The van der Waals surface area contributed by atoms with Crippen LogP contribution in [-0.2, 0) is 10.0 Å². The van der Waals surface area contributed by atoms with Crippen molar-refractivity contribution in [3.8, 4) is 0 Å². The zero-order valence-corrected chi connectivity index (χ0v) is 11.3. The quantitative estimate of drug-likeness (QED) is 0.718. The maximum atomic E-state index is 11.5. The number of nitrogens with zero attached hydrogens (tertiary/aromatic N) is 2. The Kier molecular flexibility index (Phi) is 5.17. The lowest BCUT2D eigenvalue weighted by Gasteiger charge is -2.29. The van der Waals surface area contributed by atoms with Crippen LogP contribution >= 0.6 is 0 Å². The molecule has 0 spiro atoms. The number of likely N-dealkylation sites (tertiary alicyclic amines) is 1. The molecule has 0 amide bonds. The van der Waals surface area contributed by atoms with Crippen molar-refractivity contribution in [2.75, 3.05) is 46.5 Å². The van der Waals surface area contributed by atoms with Crippen LogP contribution in [0.2, 0.25) is 0 Å². The van der Waals surface area contributed by atoms with Crippen molar-refractivity contribution >= 4 is 10.0 Å². The lowest BCUT2D eigenvalue weighted by Crippen LogP contribution is -2.43. The smallest absolute Gasteiger partial charge is 0.214 e. The van der Waals surface area contributed by atoms with Gasteiger partial charge in [-0.05, 0) is 33.0 Å². The first-order valence-corrected chi connectivity index (χ1v) is 7.35. The predicted octanol–water partition coefficient (Wildman–Crippen LogP) is -0.438. The Hall–Kier alpha value is -0.170. The van der Waals surface area contributed by atoms with E-state index in [9.17, 15) is 8.42 Å². The van der Waals surface area contributed by atoms with Gasteiger partial charge in [0.25, 0.3) is 0 Å². The number of nitrogens with one attached hydrogen (secondary N) is 1. The van der Waals surface area contributed by atoms with E-state index in [0.717, 1.165) is 25.9 Å². The number of piperidine rings is 1. The van der Waals surface area contributed by atoms with Crippen molar-refractivity contribution in [3.05, 3.63) is 0 Å². The highest BCUT2D eigenvalue weighted by molar-refractivity contribution is 7.89. The molecule has 1 aliphatic heterocycles. The van der Waals surface area contributed by atoms with E-state index in [1.807, 2.05) is 0 Å². The van der Waals surface area contributed by atoms with E-state index in [4.69, 9.17) is 0 Å². The fraction of sp³-hybridized carbons (Fsp3) is 1.00. The molecule has 0 radical (unpaired) electrons. The minimum Gasteiger partial charge on any atom is -0.313 e. The predicted molar refractivity (Wildman–Crippen MR) is 66.0 cm³/mol. The van der Waals surface area contributed by atoms with Gasteiger partial charge in [0.05, 0.1) is 5.75 Å². The van der Waals surface area contributed by atoms with Gasteiger partial charge >= 0.3 is 0 Å². The third-order valence-corrected chi connectivity index (χ3v) is 4.90. The Morgan fingerprint density at radius 3 is 2.38 bits per heavy atom. The van der Waals surface area contributed by atoms with Crippen LogP contribution in [0.5, 0.6) is 0 Å². The highest BCUT2D eigenvalue weighted by Gasteiger charge is 2.18. The summed E-state index contributed by atoms with van der Waals surface area (Å²) < 4.78 is 24.3. The standard InChI is InChI=1S/C10H23N3O2S/c1-12(2)16(14,15)9-6-11-10-4-7-13(3)8-5-10/h10-11H,4-9H2,1-3H3. The molecule has 0 aromatic rings. The fourth-order valence-corrected chi connectivity index (χ4v) is 2.53. The van der Waals surface area contributed by atoms with E-state index in [1.165, 1.54) is 4.31 Å². The Morgan fingerprint density at radius 1 is 1.31 bits per heavy atom. The Labute approximate surface area is 98.8 Å². The molecular weight excluding hydrogens is 226 g/mol. The van der Waals surface area contributed by atoms with Crippen LogP contribution in [0.25, 0.3) is 0 Å². The number of sulfonamides is 1. The summed E-state index contributed by atoms with van der Waals surface area (Å²) in [5.41, 5.74) is 0. The molecule has 1 saturated heterocycles. The van der Waals surface area contributed by atoms with Crippen molar-refractivity contribution in [3.63, 3.8) is 0 Å². The van der Waals surface area contributed by atoms with Gasteiger partial charge in [0.15, 0.2) is 0 Å². The van der Waals surface area contributed by atoms with Gasteiger partial charge in [0.1, 0.15) is 0 Å². The lowest BCUT2D eigenvalue weighted by molar-refractivity contribution is 0.236. The molecule has 0 atom stereocenters. The van der Waals surface area contributed by atoms with E-state index < -0.39 is 10.0 Å². The van der Waals surface area contributed by atoms with Gasteiger partial charge in [-0.15, -0.1) is 0 Å². The molecule has 0 aliphatic carbocycles. The van der Waals surface area contributed by atoms with Gasteiger partial charge in [0.2, 0.25) is 10.0 Å². The molecule has 1 rings (SSSR count). The molecule has 96 valence electrons. The van der Waals surface area contributed by atoms with E-state index in [-0.39, 0.29) is 5.75 Å². The second-order valence-corrected chi connectivity index (χ2v) is 6.93. The molecule has 0 saturated carbocycles. The molecule has 1 fully saturated rings.